The molecule has 1 aromatic carbocycles. The summed E-state index contributed by atoms with van der Waals surface area (Å²) in [5, 5.41) is 0. The number of halogens is 2. The highest BCUT2D eigenvalue weighted by molar-refractivity contribution is 9.10. The third-order valence-electron chi connectivity index (χ3n) is 3.32. The van der Waals surface area contributed by atoms with Crippen LogP contribution >= 0.6 is 27.5 Å². The third-order valence-corrected chi connectivity index (χ3v) is 4.25. The fraction of sp³-hybridized carbons (Fsp3) is 0.571. The van der Waals surface area contributed by atoms with E-state index in [4.69, 9.17) is 16.3 Å². The molecule has 0 saturated carbocycles. The van der Waals surface area contributed by atoms with Gasteiger partial charge in [0.15, 0.2) is 0 Å². The van der Waals surface area contributed by atoms with Crippen molar-refractivity contribution in [3.05, 3.63) is 34.3 Å². The van der Waals surface area contributed by atoms with Gasteiger partial charge >= 0.3 is 0 Å². The van der Waals surface area contributed by atoms with Crippen LogP contribution in [0.4, 0.5) is 0 Å². The molecule has 0 amide bonds. The third kappa shape index (κ3) is 4.23. The van der Waals surface area contributed by atoms with Gasteiger partial charge in [-0.25, -0.2) is 0 Å². The van der Waals surface area contributed by atoms with E-state index in [9.17, 15) is 0 Å². The monoisotopic (exact) mass is 331 g/mol. The Balaban J connectivity index is 1.78. The minimum atomic E-state index is 0.402. The average molecular weight is 333 g/mol. The molecule has 0 unspecified atom stereocenters. The van der Waals surface area contributed by atoms with Gasteiger partial charge in [-0.3, -0.25) is 4.90 Å². The Morgan fingerprint density at radius 1 is 1.28 bits per heavy atom. The molecule has 0 bridgehead atoms. The van der Waals surface area contributed by atoms with Crippen LogP contribution in [0.15, 0.2) is 28.7 Å². The van der Waals surface area contributed by atoms with Gasteiger partial charge < -0.3 is 4.74 Å². The summed E-state index contributed by atoms with van der Waals surface area (Å²) in [5.74, 6) is 0.594. The Bertz CT molecular complexity index is 367. The molecule has 100 valence electrons. The molecular formula is C14H19BrClNO. The molecule has 0 aliphatic carbocycles. The van der Waals surface area contributed by atoms with Crippen LogP contribution in [-0.4, -0.2) is 36.6 Å². The number of hydrogen-bond donors (Lipinski definition) is 0. The number of nitrogens with zero attached hydrogens (tertiary/aromatic N) is 1. The standard InChI is InChI=1S/C14H19BrClNO/c15-14-4-2-1-3-12(14)11-17-8-5-13(6-9-17)18-10-7-16/h1-4,13H,5-11H2. The Labute approximate surface area is 122 Å². The zero-order valence-corrected chi connectivity index (χ0v) is 12.8. The number of hydrogen-bond acceptors (Lipinski definition) is 2. The number of piperidine rings is 1. The predicted molar refractivity (Wildman–Crippen MR) is 79.1 cm³/mol. The number of ether oxygens (including phenoxy) is 1. The molecule has 0 N–H and O–H groups in total. The first-order valence-electron chi connectivity index (χ1n) is 6.43. The first-order valence-corrected chi connectivity index (χ1v) is 7.75. The smallest absolute Gasteiger partial charge is 0.0605 e. The van der Waals surface area contributed by atoms with Gasteiger partial charge in [0.1, 0.15) is 0 Å². The van der Waals surface area contributed by atoms with Crippen molar-refractivity contribution < 1.29 is 4.74 Å². The van der Waals surface area contributed by atoms with Gasteiger partial charge in [-0.1, -0.05) is 34.1 Å². The fourth-order valence-corrected chi connectivity index (χ4v) is 2.81. The van der Waals surface area contributed by atoms with E-state index in [2.05, 4.69) is 45.1 Å². The van der Waals surface area contributed by atoms with Crippen LogP contribution < -0.4 is 0 Å². The SMILES string of the molecule is ClCCOC1CCN(Cc2ccccc2Br)CC1. The molecule has 2 nitrogen and oxygen atoms in total. The first kappa shape index (κ1) is 14.3. The van der Waals surface area contributed by atoms with Crippen molar-refractivity contribution >= 4 is 27.5 Å². The summed E-state index contributed by atoms with van der Waals surface area (Å²) in [6.45, 7) is 3.91. The van der Waals surface area contributed by atoms with E-state index in [1.807, 2.05) is 0 Å². The molecule has 0 radical (unpaired) electrons. The van der Waals surface area contributed by atoms with Crippen molar-refractivity contribution in [3.63, 3.8) is 0 Å². The predicted octanol–water partition coefficient (Wildman–Crippen LogP) is 3.67. The van der Waals surface area contributed by atoms with Gasteiger partial charge in [0.25, 0.3) is 0 Å². The van der Waals surface area contributed by atoms with E-state index in [1.54, 1.807) is 0 Å². The van der Waals surface area contributed by atoms with Gasteiger partial charge in [0.2, 0.25) is 0 Å². The summed E-state index contributed by atoms with van der Waals surface area (Å²) >= 11 is 9.24. The summed E-state index contributed by atoms with van der Waals surface area (Å²) in [6.07, 6.45) is 2.63. The quantitative estimate of drug-likeness (QED) is 0.763. The molecular weight excluding hydrogens is 314 g/mol. The summed E-state index contributed by atoms with van der Waals surface area (Å²) in [6, 6.07) is 8.43. The maximum atomic E-state index is 5.69. The van der Waals surface area contributed by atoms with E-state index in [1.165, 1.54) is 10.0 Å². The lowest BCUT2D eigenvalue weighted by Gasteiger charge is -2.32. The molecule has 1 heterocycles. The van der Waals surface area contributed by atoms with Gasteiger partial charge in [0.05, 0.1) is 12.7 Å². The van der Waals surface area contributed by atoms with Crippen LogP contribution in [0.2, 0.25) is 0 Å². The molecule has 4 heteroatoms. The van der Waals surface area contributed by atoms with E-state index < -0.39 is 0 Å². The Hall–Kier alpha value is -0.0900. The van der Waals surface area contributed by atoms with Crippen molar-refractivity contribution in [3.8, 4) is 0 Å². The van der Waals surface area contributed by atoms with E-state index >= 15 is 0 Å². The van der Waals surface area contributed by atoms with Crippen molar-refractivity contribution in [1.29, 1.82) is 0 Å². The molecule has 1 aliphatic heterocycles. The summed E-state index contributed by atoms with van der Waals surface area (Å²) in [5.41, 5.74) is 1.36. The maximum absolute atomic E-state index is 5.69. The molecule has 18 heavy (non-hydrogen) atoms. The number of benzene rings is 1. The van der Waals surface area contributed by atoms with Gasteiger partial charge in [-0.05, 0) is 24.5 Å². The fourth-order valence-electron chi connectivity index (χ4n) is 2.31. The van der Waals surface area contributed by atoms with Crippen LogP contribution in [0.25, 0.3) is 0 Å². The van der Waals surface area contributed by atoms with E-state index in [0.29, 0.717) is 18.6 Å². The van der Waals surface area contributed by atoms with Crippen LogP contribution in [-0.2, 0) is 11.3 Å². The van der Waals surface area contributed by atoms with Crippen molar-refractivity contribution in [2.45, 2.75) is 25.5 Å². The first-order chi connectivity index (χ1) is 8.79. The number of rotatable bonds is 5. The van der Waals surface area contributed by atoms with Crippen LogP contribution in [0.5, 0.6) is 0 Å². The second kappa shape index (κ2) is 7.49. The van der Waals surface area contributed by atoms with Crippen molar-refractivity contribution in [2.24, 2.45) is 0 Å². The van der Waals surface area contributed by atoms with E-state index in [-0.39, 0.29) is 0 Å². The molecule has 0 aromatic heterocycles. The molecule has 0 spiro atoms. The molecule has 2 rings (SSSR count). The lowest BCUT2D eigenvalue weighted by Crippen LogP contribution is -2.36. The van der Waals surface area contributed by atoms with Crippen LogP contribution in [0.3, 0.4) is 0 Å². The van der Waals surface area contributed by atoms with Crippen LogP contribution in [0, 0.1) is 0 Å². The zero-order valence-electron chi connectivity index (χ0n) is 10.4. The average Bonchev–Trinajstić information content (AvgIpc) is 2.41. The largest absolute Gasteiger partial charge is 0.377 e. The lowest BCUT2D eigenvalue weighted by molar-refractivity contribution is 0.0134. The van der Waals surface area contributed by atoms with E-state index in [0.717, 1.165) is 32.5 Å². The second-order valence-corrected chi connectivity index (χ2v) is 5.86. The topological polar surface area (TPSA) is 12.5 Å². The van der Waals surface area contributed by atoms with Gasteiger partial charge in [0, 0.05) is 30.0 Å². The summed E-state index contributed by atoms with van der Waals surface area (Å²) in [4.78, 5) is 2.49. The molecule has 1 saturated heterocycles. The Morgan fingerprint density at radius 3 is 2.67 bits per heavy atom. The zero-order chi connectivity index (χ0) is 12.8. The number of likely N-dealkylation sites (tertiary alicyclic amines) is 1. The summed E-state index contributed by atoms with van der Waals surface area (Å²) in [7, 11) is 0. The van der Waals surface area contributed by atoms with Crippen LogP contribution in [0.1, 0.15) is 18.4 Å². The molecule has 1 aromatic rings. The molecule has 0 atom stereocenters. The minimum Gasteiger partial charge on any atom is -0.377 e. The maximum Gasteiger partial charge on any atom is 0.0605 e. The molecule has 1 aliphatic rings. The van der Waals surface area contributed by atoms with Gasteiger partial charge in [-0.15, -0.1) is 11.6 Å². The second-order valence-electron chi connectivity index (χ2n) is 4.63. The van der Waals surface area contributed by atoms with Crippen molar-refractivity contribution in [2.75, 3.05) is 25.6 Å². The number of alkyl halides is 1. The highest BCUT2D eigenvalue weighted by Crippen LogP contribution is 2.21. The highest BCUT2D eigenvalue weighted by atomic mass is 79.9. The van der Waals surface area contributed by atoms with Gasteiger partial charge in [-0.2, -0.15) is 0 Å². The lowest BCUT2D eigenvalue weighted by atomic mass is 10.1. The van der Waals surface area contributed by atoms with Crippen molar-refractivity contribution in [1.82, 2.24) is 4.90 Å². The normalized spacial score (nSPS) is 18.1. The Morgan fingerprint density at radius 2 is 2.00 bits per heavy atom. The minimum absolute atomic E-state index is 0.402. The highest BCUT2D eigenvalue weighted by Gasteiger charge is 2.19. The Kier molecular flexibility index (Phi) is 5.96. The molecule has 1 fully saturated rings. The summed E-state index contributed by atoms with van der Waals surface area (Å²) < 4.78 is 6.89.